The fraction of sp³-hybridized carbons (Fsp3) is 0.261. The minimum Gasteiger partial charge on any atom is -0.493 e. The highest BCUT2D eigenvalue weighted by atomic mass is 32.1. The predicted molar refractivity (Wildman–Crippen MR) is 127 cm³/mol. The molecule has 4 aromatic rings. The number of thiophene rings is 1. The smallest absolute Gasteiger partial charge is 0.238 e. The lowest BCUT2D eigenvalue weighted by Gasteiger charge is -2.37. The summed E-state index contributed by atoms with van der Waals surface area (Å²) in [4.78, 5) is 16.5. The Morgan fingerprint density at radius 1 is 1.16 bits per heavy atom. The van der Waals surface area contributed by atoms with Crippen LogP contribution in [0.5, 0.6) is 11.5 Å². The molecule has 2 aromatic heterocycles. The van der Waals surface area contributed by atoms with Crippen molar-refractivity contribution >= 4 is 45.7 Å². The van der Waals surface area contributed by atoms with E-state index in [4.69, 9.17) is 9.47 Å². The van der Waals surface area contributed by atoms with Crippen LogP contribution in [0, 0.1) is 0 Å². The molecule has 0 fully saturated rings. The van der Waals surface area contributed by atoms with Crippen molar-refractivity contribution in [2.24, 2.45) is 0 Å². The summed E-state index contributed by atoms with van der Waals surface area (Å²) in [6.45, 7) is 1.03. The van der Waals surface area contributed by atoms with Gasteiger partial charge >= 0.3 is 0 Å². The summed E-state index contributed by atoms with van der Waals surface area (Å²) >= 11 is 2.84. The van der Waals surface area contributed by atoms with Gasteiger partial charge in [0, 0.05) is 11.4 Å². The molecule has 9 heteroatoms. The Kier molecular flexibility index (Phi) is 5.77. The molecule has 7 nitrogen and oxygen atoms in total. The molecule has 1 amide bonds. The average Bonchev–Trinajstić information content (AvgIpc) is 3.50. The molecule has 5 rings (SSSR count). The second-order valence-corrected chi connectivity index (χ2v) is 9.04. The van der Waals surface area contributed by atoms with Crippen LogP contribution >= 0.6 is 23.1 Å². The highest BCUT2D eigenvalue weighted by molar-refractivity contribution is 7.10. The highest BCUT2D eigenvalue weighted by Gasteiger charge is 2.32. The third-order valence-electron chi connectivity index (χ3n) is 5.69. The molecule has 3 heterocycles. The molecule has 0 aliphatic carbocycles. The third kappa shape index (κ3) is 3.83. The van der Waals surface area contributed by atoms with E-state index in [-0.39, 0.29) is 18.5 Å². The Bertz CT molecular complexity index is 1260. The second-order valence-electron chi connectivity index (χ2n) is 7.53. The van der Waals surface area contributed by atoms with Crippen LogP contribution in [0.3, 0.4) is 0 Å². The number of methoxy groups -OCH3 is 2. The average molecular weight is 467 g/mol. The van der Waals surface area contributed by atoms with Crippen LogP contribution in [0.15, 0.2) is 47.8 Å². The molecule has 1 aliphatic rings. The van der Waals surface area contributed by atoms with Crippen LogP contribution in [0.1, 0.15) is 22.0 Å². The molecule has 1 aliphatic heterocycles. The number of aromatic nitrogens is 2. The molecule has 0 bridgehead atoms. The summed E-state index contributed by atoms with van der Waals surface area (Å²) in [6.07, 6.45) is 0.830. The largest absolute Gasteiger partial charge is 0.493 e. The zero-order chi connectivity index (χ0) is 22.1. The van der Waals surface area contributed by atoms with Gasteiger partial charge in [0.2, 0.25) is 5.91 Å². The SMILES string of the molecule is COc1cc2c(cc1OC)C(c1cccs1)N(CC(=O)Nc1cccc3nsnc13)CC2. The summed E-state index contributed by atoms with van der Waals surface area (Å²) < 4.78 is 19.6. The van der Waals surface area contributed by atoms with Crippen molar-refractivity contribution in [1.82, 2.24) is 13.6 Å². The molecule has 1 atom stereocenters. The zero-order valence-electron chi connectivity index (χ0n) is 17.7. The van der Waals surface area contributed by atoms with Crippen molar-refractivity contribution < 1.29 is 14.3 Å². The van der Waals surface area contributed by atoms with Gasteiger partial charge in [-0.3, -0.25) is 9.69 Å². The molecular weight excluding hydrogens is 444 g/mol. The number of nitrogens with zero attached hydrogens (tertiary/aromatic N) is 3. The number of carbonyl (C=O) groups excluding carboxylic acids is 1. The normalized spacial score (nSPS) is 16.0. The van der Waals surface area contributed by atoms with Gasteiger partial charge in [-0.05, 0) is 53.3 Å². The van der Waals surface area contributed by atoms with E-state index in [1.165, 1.54) is 10.4 Å². The van der Waals surface area contributed by atoms with Gasteiger partial charge in [-0.25, -0.2) is 0 Å². The van der Waals surface area contributed by atoms with Crippen molar-refractivity contribution in [2.75, 3.05) is 32.6 Å². The number of benzene rings is 2. The predicted octanol–water partition coefficient (Wildman–Crippen LogP) is 4.36. The lowest BCUT2D eigenvalue weighted by molar-refractivity contribution is -0.117. The van der Waals surface area contributed by atoms with Crippen LogP contribution < -0.4 is 14.8 Å². The molecule has 1 N–H and O–H groups in total. The lowest BCUT2D eigenvalue weighted by Crippen LogP contribution is -2.41. The van der Waals surface area contributed by atoms with Crippen molar-refractivity contribution in [1.29, 1.82) is 0 Å². The first-order valence-electron chi connectivity index (χ1n) is 10.2. The number of carbonyl (C=O) groups is 1. The number of amides is 1. The lowest BCUT2D eigenvalue weighted by atomic mass is 9.91. The summed E-state index contributed by atoms with van der Waals surface area (Å²) in [7, 11) is 3.30. The van der Waals surface area contributed by atoms with Gasteiger partial charge < -0.3 is 14.8 Å². The van der Waals surface area contributed by atoms with E-state index in [0.717, 1.165) is 47.0 Å². The molecule has 164 valence electrons. The Balaban J connectivity index is 1.45. The van der Waals surface area contributed by atoms with Crippen molar-refractivity contribution in [2.45, 2.75) is 12.5 Å². The van der Waals surface area contributed by atoms with E-state index in [2.05, 4.69) is 36.5 Å². The van der Waals surface area contributed by atoms with Gasteiger partial charge in [0.1, 0.15) is 11.0 Å². The number of ether oxygens (including phenoxy) is 2. The van der Waals surface area contributed by atoms with Crippen molar-refractivity contribution in [3.8, 4) is 11.5 Å². The fourth-order valence-corrected chi connectivity index (χ4v) is 5.66. The Morgan fingerprint density at radius 3 is 2.78 bits per heavy atom. The van der Waals surface area contributed by atoms with Crippen molar-refractivity contribution in [3.05, 3.63) is 63.8 Å². The van der Waals surface area contributed by atoms with Crippen molar-refractivity contribution in [3.63, 3.8) is 0 Å². The molecule has 2 aromatic carbocycles. The Hall–Kier alpha value is -3.01. The van der Waals surface area contributed by atoms with E-state index in [0.29, 0.717) is 11.4 Å². The quantitative estimate of drug-likeness (QED) is 0.455. The van der Waals surface area contributed by atoms with E-state index < -0.39 is 0 Å². The van der Waals surface area contributed by atoms with Gasteiger partial charge in [-0.1, -0.05) is 12.1 Å². The van der Waals surface area contributed by atoms with E-state index >= 15 is 0 Å². The third-order valence-corrected chi connectivity index (χ3v) is 7.16. The van der Waals surface area contributed by atoms with Crippen LogP contribution in [0.4, 0.5) is 5.69 Å². The van der Waals surface area contributed by atoms with E-state index in [9.17, 15) is 4.79 Å². The van der Waals surface area contributed by atoms with Crippen LogP contribution in [-0.2, 0) is 11.2 Å². The molecule has 0 radical (unpaired) electrons. The molecular formula is C23H22N4O3S2. The van der Waals surface area contributed by atoms with Gasteiger partial charge in [-0.2, -0.15) is 8.75 Å². The van der Waals surface area contributed by atoms with Crippen LogP contribution in [-0.4, -0.2) is 46.9 Å². The molecule has 0 saturated heterocycles. The monoisotopic (exact) mass is 466 g/mol. The Morgan fingerprint density at radius 2 is 2.00 bits per heavy atom. The number of fused-ring (bicyclic) bond motifs is 2. The minimum atomic E-state index is -0.0732. The minimum absolute atomic E-state index is 0.0268. The maximum Gasteiger partial charge on any atom is 0.238 e. The first kappa shape index (κ1) is 20.9. The van der Waals surface area contributed by atoms with Gasteiger partial charge in [0.25, 0.3) is 0 Å². The zero-order valence-corrected chi connectivity index (χ0v) is 19.3. The van der Waals surface area contributed by atoms with Crippen LogP contribution in [0.2, 0.25) is 0 Å². The second kappa shape index (κ2) is 8.85. The maximum atomic E-state index is 13.1. The molecule has 0 saturated carbocycles. The number of anilines is 1. The van der Waals surface area contributed by atoms with Gasteiger partial charge in [-0.15, -0.1) is 11.3 Å². The first-order chi connectivity index (χ1) is 15.7. The van der Waals surface area contributed by atoms with E-state index in [1.54, 1.807) is 25.6 Å². The number of hydrogen-bond donors (Lipinski definition) is 1. The Labute approximate surface area is 193 Å². The molecule has 1 unspecified atom stereocenters. The summed E-state index contributed by atoms with van der Waals surface area (Å²) in [5, 5.41) is 5.10. The van der Waals surface area contributed by atoms with Gasteiger partial charge in [0.15, 0.2) is 11.5 Å². The highest BCUT2D eigenvalue weighted by Crippen LogP contribution is 2.42. The maximum absolute atomic E-state index is 13.1. The number of nitrogens with one attached hydrogen (secondary N) is 1. The fourth-order valence-electron chi connectivity index (χ4n) is 4.23. The van der Waals surface area contributed by atoms with E-state index in [1.807, 2.05) is 30.3 Å². The molecule has 32 heavy (non-hydrogen) atoms. The topological polar surface area (TPSA) is 76.6 Å². The summed E-state index contributed by atoms with van der Waals surface area (Å²) in [5.41, 5.74) is 4.57. The number of rotatable bonds is 6. The summed E-state index contributed by atoms with van der Waals surface area (Å²) in [5.74, 6) is 1.35. The number of hydrogen-bond acceptors (Lipinski definition) is 8. The summed E-state index contributed by atoms with van der Waals surface area (Å²) in [6, 6.07) is 13.9. The first-order valence-corrected chi connectivity index (χ1v) is 11.8. The standard InChI is InChI=1S/C23H22N4O3S2/c1-29-18-11-14-8-9-27(23(20-7-4-10-31-20)15(14)12-19(18)30-2)13-21(28)24-16-5-3-6-17-22(16)26-32-25-17/h3-7,10-12,23H,8-9,13H2,1-2H3,(H,24,28). The van der Waals surface area contributed by atoms with Gasteiger partial charge in [0.05, 0.1) is 44.2 Å². The van der Waals surface area contributed by atoms with Crippen LogP contribution in [0.25, 0.3) is 11.0 Å². The molecule has 0 spiro atoms.